The smallest absolute Gasteiger partial charge is 0.263 e. The van der Waals surface area contributed by atoms with Crippen LogP contribution in [-0.2, 0) is 11.3 Å². The second kappa shape index (κ2) is 5.40. The van der Waals surface area contributed by atoms with Gasteiger partial charge in [0.1, 0.15) is 5.75 Å². The van der Waals surface area contributed by atoms with Crippen LogP contribution in [0.15, 0.2) is 18.2 Å². The summed E-state index contributed by atoms with van der Waals surface area (Å²) in [5.74, 6) is 0.925. The van der Waals surface area contributed by atoms with E-state index in [1.165, 1.54) is 0 Å². The SMILES string of the molecule is CNCc1cccc(C)c1OC1CCN(C)C1=O. The summed E-state index contributed by atoms with van der Waals surface area (Å²) in [5, 5.41) is 3.12. The minimum atomic E-state index is -0.327. The zero-order valence-electron chi connectivity index (χ0n) is 11.2. The van der Waals surface area contributed by atoms with Crippen molar-refractivity contribution in [1.29, 1.82) is 0 Å². The van der Waals surface area contributed by atoms with Crippen LogP contribution in [0.1, 0.15) is 17.5 Å². The maximum absolute atomic E-state index is 11.9. The second-order valence-corrected chi connectivity index (χ2v) is 4.75. The van der Waals surface area contributed by atoms with Crippen molar-refractivity contribution in [2.45, 2.75) is 26.0 Å². The normalized spacial score (nSPS) is 19.4. The number of likely N-dealkylation sites (N-methyl/N-ethyl adjacent to an activating group) is 1. The van der Waals surface area contributed by atoms with Crippen LogP contribution in [0.3, 0.4) is 0 Å². The Morgan fingerprint density at radius 2 is 2.28 bits per heavy atom. The van der Waals surface area contributed by atoms with Crippen LogP contribution in [0.5, 0.6) is 5.75 Å². The van der Waals surface area contributed by atoms with E-state index < -0.39 is 0 Å². The molecule has 4 heteroatoms. The van der Waals surface area contributed by atoms with Crippen LogP contribution in [0, 0.1) is 6.92 Å². The molecule has 0 saturated carbocycles. The second-order valence-electron chi connectivity index (χ2n) is 4.75. The molecule has 1 amide bonds. The number of hydrogen-bond acceptors (Lipinski definition) is 3. The number of nitrogens with one attached hydrogen (secondary N) is 1. The van der Waals surface area contributed by atoms with Gasteiger partial charge in [-0.05, 0) is 19.5 Å². The Kier molecular flexibility index (Phi) is 3.87. The zero-order chi connectivity index (χ0) is 13.1. The van der Waals surface area contributed by atoms with Gasteiger partial charge in [-0.2, -0.15) is 0 Å². The predicted molar refractivity (Wildman–Crippen MR) is 70.6 cm³/mol. The maximum Gasteiger partial charge on any atom is 0.263 e. The van der Waals surface area contributed by atoms with Crippen LogP contribution >= 0.6 is 0 Å². The number of ether oxygens (including phenoxy) is 1. The lowest BCUT2D eigenvalue weighted by Crippen LogP contribution is -2.30. The molecule has 4 nitrogen and oxygen atoms in total. The number of amides is 1. The molecule has 18 heavy (non-hydrogen) atoms. The molecule has 1 heterocycles. The van der Waals surface area contributed by atoms with E-state index in [1.54, 1.807) is 4.90 Å². The number of carbonyl (C=O) groups excluding carboxylic acids is 1. The molecule has 1 N–H and O–H groups in total. The summed E-state index contributed by atoms with van der Waals surface area (Å²) in [7, 11) is 3.72. The third-order valence-electron chi connectivity index (χ3n) is 3.30. The van der Waals surface area contributed by atoms with Crippen LogP contribution < -0.4 is 10.1 Å². The Bertz CT molecular complexity index is 445. The summed E-state index contributed by atoms with van der Waals surface area (Å²) in [6.45, 7) is 3.53. The summed E-state index contributed by atoms with van der Waals surface area (Å²) in [6, 6.07) is 6.05. The Balaban J connectivity index is 2.20. The molecular weight excluding hydrogens is 228 g/mol. The molecule has 2 rings (SSSR count). The van der Waals surface area contributed by atoms with E-state index >= 15 is 0 Å². The first-order valence-electron chi connectivity index (χ1n) is 6.28. The highest BCUT2D eigenvalue weighted by Gasteiger charge is 2.31. The first kappa shape index (κ1) is 12.9. The Hall–Kier alpha value is -1.55. The van der Waals surface area contributed by atoms with Crippen molar-refractivity contribution in [2.24, 2.45) is 0 Å². The van der Waals surface area contributed by atoms with E-state index in [-0.39, 0.29) is 12.0 Å². The van der Waals surface area contributed by atoms with E-state index in [0.717, 1.165) is 36.4 Å². The Labute approximate surface area is 108 Å². The number of likely N-dealkylation sites (tertiary alicyclic amines) is 1. The van der Waals surface area contributed by atoms with Crippen LogP contribution in [0.4, 0.5) is 0 Å². The summed E-state index contributed by atoms with van der Waals surface area (Å²) in [4.78, 5) is 13.6. The average Bonchev–Trinajstić information content (AvgIpc) is 2.65. The van der Waals surface area contributed by atoms with Crippen molar-refractivity contribution in [2.75, 3.05) is 20.6 Å². The highest BCUT2D eigenvalue weighted by Crippen LogP contribution is 2.26. The van der Waals surface area contributed by atoms with E-state index in [2.05, 4.69) is 5.32 Å². The summed E-state index contributed by atoms with van der Waals surface area (Å²) in [6.07, 6.45) is 0.439. The molecule has 1 fully saturated rings. The van der Waals surface area contributed by atoms with Crippen LogP contribution in [-0.4, -0.2) is 37.6 Å². The van der Waals surface area contributed by atoms with E-state index in [0.29, 0.717) is 0 Å². The summed E-state index contributed by atoms with van der Waals surface area (Å²) < 4.78 is 5.94. The minimum Gasteiger partial charge on any atom is -0.480 e. The molecule has 1 unspecified atom stereocenters. The van der Waals surface area contributed by atoms with Gasteiger partial charge in [0.15, 0.2) is 6.10 Å². The molecule has 1 aliphatic rings. The quantitative estimate of drug-likeness (QED) is 0.874. The Morgan fingerprint density at radius 1 is 1.50 bits per heavy atom. The highest BCUT2D eigenvalue weighted by atomic mass is 16.5. The van der Waals surface area contributed by atoms with Crippen molar-refractivity contribution < 1.29 is 9.53 Å². The van der Waals surface area contributed by atoms with Crippen LogP contribution in [0.2, 0.25) is 0 Å². The van der Waals surface area contributed by atoms with Gasteiger partial charge >= 0.3 is 0 Å². The summed E-state index contributed by atoms with van der Waals surface area (Å²) in [5.41, 5.74) is 2.17. The van der Waals surface area contributed by atoms with Crippen molar-refractivity contribution in [3.05, 3.63) is 29.3 Å². The monoisotopic (exact) mass is 248 g/mol. The van der Waals surface area contributed by atoms with Gasteiger partial charge in [0.25, 0.3) is 5.91 Å². The fraction of sp³-hybridized carbons (Fsp3) is 0.500. The molecule has 0 radical (unpaired) electrons. The number of para-hydroxylation sites is 1. The standard InChI is InChI=1S/C14H20N2O2/c1-10-5-4-6-11(9-15-2)13(10)18-12-7-8-16(3)14(12)17/h4-6,12,15H,7-9H2,1-3H3. The minimum absolute atomic E-state index is 0.0775. The molecular formula is C14H20N2O2. The van der Waals surface area contributed by atoms with Crippen molar-refractivity contribution >= 4 is 5.91 Å². The lowest BCUT2D eigenvalue weighted by atomic mass is 10.1. The molecule has 0 bridgehead atoms. The fourth-order valence-corrected chi connectivity index (χ4v) is 2.25. The first-order chi connectivity index (χ1) is 8.63. The number of carbonyl (C=O) groups is 1. The number of aryl methyl sites for hydroxylation is 1. The predicted octanol–water partition coefficient (Wildman–Crippen LogP) is 1.32. The molecule has 1 saturated heterocycles. The maximum atomic E-state index is 11.9. The largest absolute Gasteiger partial charge is 0.480 e. The van der Waals surface area contributed by atoms with E-state index in [1.807, 2.05) is 39.2 Å². The zero-order valence-corrected chi connectivity index (χ0v) is 11.2. The third-order valence-corrected chi connectivity index (χ3v) is 3.30. The van der Waals surface area contributed by atoms with Gasteiger partial charge in [0, 0.05) is 32.1 Å². The van der Waals surface area contributed by atoms with E-state index in [4.69, 9.17) is 4.74 Å². The molecule has 0 spiro atoms. The van der Waals surface area contributed by atoms with Gasteiger partial charge in [-0.15, -0.1) is 0 Å². The summed E-state index contributed by atoms with van der Waals surface area (Å²) >= 11 is 0. The first-order valence-corrected chi connectivity index (χ1v) is 6.28. The molecule has 1 aliphatic heterocycles. The molecule has 0 aliphatic carbocycles. The molecule has 1 aromatic carbocycles. The number of nitrogens with zero attached hydrogens (tertiary/aromatic N) is 1. The molecule has 1 aromatic rings. The molecule has 98 valence electrons. The van der Waals surface area contributed by atoms with Gasteiger partial charge in [0.05, 0.1) is 0 Å². The van der Waals surface area contributed by atoms with Gasteiger partial charge in [0.2, 0.25) is 0 Å². The van der Waals surface area contributed by atoms with Gasteiger partial charge < -0.3 is 15.0 Å². The van der Waals surface area contributed by atoms with Crippen molar-refractivity contribution in [3.8, 4) is 5.75 Å². The Morgan fingerprint density at radius 3 is 2.89 bits per heavy atom. The number of benzene rings is 1. The van der Waals surface area contributed by atoms with Crippen LogP contribution in [0.25, 0.3) is 0 Å². The fourth-order valence-electron chi connectivity index (χ4n) is 2.25. The average molecular weight is 248 g/mol. The molecule has 0 aromatic heterocycles. The van der Waals surface area contributed by atoms with E-state index in [9.17, 15) is 4.79 Å². The molecule has 1 atom stereocenters. The van der Waals surface area contributed by atoms with Gasteiger partial charge in [-0.3, -0.25) is 4.79 Å². The van der Waals surface area contributed by atoms with Crippen molar-refractivity contribution in [1.82, 2.24) is 10.2 Å². The number of rotatable bonds is 4. The van der Waals surface area contributed by atoms with Gasteiger partial charge in [-0.1, -0.05) is 18.2 Å². The van der Waals surface area contributed by atoms with Gasteiger partial charge in [-0.25, -0.2) is 0 Å². The lowest BCUT2D eigenvalue weighted by Gasteiger charge is -2.18. The topological polar surface area (TPSA) is 41.6 Å². The third kappa shape index (κ3) is 2.48. The van der Waals surface area contributed by atoms with Crippen molar-refractivity contribution in [3.63, 3.8) is 0 Å². The number of hydrogen-bond donors (Lipinski definition) is 1. The lowest BCUT2D eigenvalue weighted by molar-refractivity contribution is -0.132. The highest BCUT2D eigenvalue weighted by molar-refractivity contribution is 5.83.